The molecule has 31 heavy (non-hydrogen) atoms. The van der Waals surface area contributed by atoms with Crippen molar-refractivity contribution >= 4 is 17.4 Å². The van der Waals surface area contributed by atoms with Crippen LogP contribution in [-0.4, -0.2) is 60.8 Å². The standard InChI is InChI=1S/C23H25NO7/c1-4-31-18-13-15(7-10-17(18)25)20-19(22(27)23(28)24(20)11-12-29-2)21(26)14-5-8-16(30-3)9-6-14/h5-10,13,20,25-26H,4,11-12H2,1-3H3/b21-19+. The minimum Gasteiger partial charge on any atom is -0.507 e. The van der Waals surface area contributed by atoms with Gasteiger partial charge < -0.3 is 29.3 Å². The number of aromatic hydroxyl groups is 1. The number of rotatable bonds is 8. The molecule has 1 saturated heterocycles. The summed E-state index contributed by atoms with van der Waals surface area (Å²) in [5.74, 6) is -1.06. The first-order valence-electron chi connectivity index (χ1n) is 9.80. The van der Waals surface area contributed by atoms with Crippen molar-refractivity contribution in [2.24, 2.45) is 0 Å². The van der Waals surface area contributed by atoms with Gasteiger partial charge in [0.15, 0.2) is 11.5 Å². The second kappa shape index (κ2) is 9.53. The lowest BCUT2D eigenvalue weighted by molar-refractivity contribution is -0.140. The number of methoxy groups -OCH3 is 2. The Hall–Kier alpha value is -3.52. The number of Topliss-reactive ketones (excluding diaryl/α,β-unsaturated/α-hetero) is 1. The molecular formula is C23H25NO7. The molecule has 2 N–H and O–H groups in total. The summed E-state index contributed by atoms with van der Waals surface area (Å²) in [4.78, 5) is 27.1. The Bertz CT molecular complexity index is 997. The van der Waals surface area contributed by atoms with Crippen molar-refractivity contribution in [3.8, 4) is 17.2 Å². The number of ketones is 1. The molecule has 1 heterocycles. The second-order valence-electron chi connectivity index (χ2n) is 6.87. The molecule has 0 radical (unpaired) electrons. The molecule has 0 spiro atoms. The van der Waals surface area contributed by atoms with E-state index >= 15 is 0 Å². The lowest BCUT2D eigenvalue weighted by Crippen LogP contribution is -2.32. The fourth-order valence-corrected chi connectivity index (χ4v) is 3.52. The second-order valence-corrected chi connectivity index (χ2v) is 6.87. The molecule has 0 aliphatic carbocycles. The van der Waals surface area contributed by atoms with Crippen LogP contribution in [0, 0.1) is 0 Å². The number of ether oxygens (including phenoxy) is 3. The Morgan fingerprint density at radius 1 is 1.10 bits per heavy atom. The topological polar surface area (TPSA) is 106 Å². The summed E-state index contributed by atoms with van der Waals surface area (Å²) in [6.45, 7) is 2.46. The largest absolute Gasteiger partial charge is 0.507 e. The van der Waals surface area contributed by atoms with Gasteiger partial charge in [0, 0.05) is 19.2 Å². The maximum atomic E-state index is 12.9. The fraction of sp³-hybridized carbons (Fsp3) is 0.304. The van der Waals surface area contributed by atoms with E-state index in [1.54, 1.807) is 43.3 Å². The van der Waals surface area contributed by atoms with Crippen LogP contribution in [0.5, 0.6) is 17.2 Å². The zero-order valence-corrected chi connectivity index (χ0v) is 17.6. The van der Waals surface area contributed by atoms with Gasteiger partial charge in [-0.1, -0.05) is 6.07 Å². The first-order chi connectivity index (χ1) is 14.9. The molecule has 8 heteroatoms. The van der Waals surface area contributed by atoms with Crippen LogP contribution in [-0.2, 0) is 14.3 Å². The van der Waals surface area contributed by atoms with Crippen LogP contribution in [0.2, 0.25) is 0 Å². The minimum absolute atomic E-state index is 0.0422. The normalized spacial score (nSPS) is 17.8. The summed E-state index contributed by atoms with van der Waals surface area (Å²) in [7, 11) is 3.02. The maximum absolute atomic E-state index is 12.9. The first kappa shape index (κ1) is 22.2. The molecule has 0 bridgehead atoms. The number of benzene rings is 2. The highest BCUT2D eigenvalue weighted by atomic mass is 16.5. The van der Waals surface area contributed by atoms with Crippen molar-refractivity contribution in [3.05, 3.63) is 59.2 Å². The van der Waals surface area contributed by atoms with Gasteiger partial charge in [-0.2, -0.15) is 0 Å². The Labute approximate surface area is 180 Å². The maximum Gasteiger partial charge on any atom is 0.295 e. The van der Waals surface area contributed by atoms with Crippen molar-refractivity contribution in [1.29, 1.82) is 0 Å². The van der Waals surface area contributed by atoms with Gasteiger partial charge in [0.05, 0.1) is 31.9 Å². The number of aliphatic hydroxyl groups is 1. The molecule has 3 rings (SSSR count). The van der Waals surface area contributed by atoms with Crippen molar-refractivity contribution in [3.63, 3.8) is 0 Å². The first-order valence-corrected chi connectivity index (χ1v) is 9.80. The number of nitrogens with zero attached hydrogens (tertiary/aromatic N) is 1. The third-order valence-corrected chi connectivity index (χ3v) is 5.04. The van der Waals surface area contributed by atoms with Gasteiger partial charge in [-0.05, 0) is 48.9 Å². The highest BCUT2D eigenvalue weighted by Crippen LogP contribution is 2.41. The predicted octanol–water partition coefficient (Wildman–Crippen LogP) is 2.87. The summed E-state index contributed by atoms with van der Waals surface area (Å²) in [6.07, 6.45) is 0. The SMILES string of the molecule is CCOc1cc(C2/C(=C(\O)c3ccc(OC)cc3)C(=O)C(=O)N2CCOC)ccc1O. The molecule has 1 aliphatic heterocycles. The molecule has 1 atom stereocenters. The van der Waals surface area contributed by atoms with Crippen LogP contribution in [0.1, 0.15) is 24.1 Å². The molecule has 0 saturated carbocycles. The van der Waals surface area contributed by atoms with Gasteiger partial charge in [-0.3, -0.25) is 9.59 Å². The van der Waals surface area contributed by atoms with Crippen LogP contribution < -0.4 is 9.47 Å². The number of hydrogen-bond acceptors (Lipinski definition) is 7. The molecule has 2 aromatic carbocycles. The van der Waals surface area contributed by atoms with Gasteiger partial charge >= 0.3 is 0 Å². The van der Waals surface area contributed by atoms with Gasteiger partial charge in [0.25, 0.3) is 11.7 Å². The predicted molar refractivity (Wildman–Crippen MR) is 113 cm³/mol. The highest BCUT2D eigenvalue weighted by molar-refractivity contribution is 6.46. The summed E-state index contributed by atoms with van der Waals surface area (Å²) < 4.78 is 15.7. The highest BCUT2D eigenvalue weighted by Gasteiger charge is 2.46. The third-order valence-electron chi connectivity index (χ3n) is 5.04. The number of likely N-dealkylation sites (tertiary alicyclic amines) is 1. The molecule has 1 amide bonds. The van der Waals surface area contributed by atoms with Crippen LogP contribution >= 0.6 is 0 Å². The van der Waals surface area contributed by atoms with Gasteiger partial charge in [-0.25, -0.2) is 0 Å². The summed E-state index contributed by atoms with van der Waals surface area (Å²) >= 11 is 0. The summed E-state index contributed by atoms with van der Waals surface area (Å²) in [5.41, 5.74) is 0.852. The van der Waals surface area contributed by atoms with E-state index in [1.165, 1.54) is 25.2 Å². The molecule has 1 fully saturated rings. The molecule has 1 unspecified atom stereocenters. The Morgan fingerprint density at radius 2 is 1.81 bits per heavy atom. The van der Waals surface area contributed by atoms with Gasteiger partial charge in [-0.15, -0.1) is 0 Å². The lowest BCUT2D eigenvalue weighted by Gasteiger charge is -2.25. The number of phenolic OH excluding ortho intramolecular Hbond substituents is 1. The average molecular weight is 427 g/mol. The van der Waals surface area contributed by atoms with Gasteiger partial charge in [0.1, 0.15) is 11.5 Å². The minimum atomic E-state index is -0.864. The number of carbonyl (C=O) groups is 2. The summed E-state index contributed by atoms with van der Waals surface area (Å²) in [6, 6.07) is 10.2. The van der Waals surface area contributed by atoms with E-state index in [-0.39, 0.29) is 36.0 Å². The zero-order chi connectivity index (χ0) is 22.5. The molecule has 2 aromatic rings. The van der Waals surface area contributed by atoms with Crippen LogP contribution in [0.4, 0.5) is 0 Å². The Morgan fingerprint density at radius 3 is 2.42 bits per heavy atom. The van der Waals surface area contributed by atoms with Crippen molar-refractivity contribution in [2.75, 3.05) is 34.0 Å². The van der Waals surface area contributed by atoms with Crippen LogP contribution in [0.15, 0.2) is 48.0 Å². The monoisotopic (exact) mass is 427 g/mol. The quantitative estimate of drug-likeness (QED) is 0.379. The molecular weight excluding hydrogens is 402 g/mol. The van der Waals surface area contributed by atoms with E-state index in [4.69, 9.17) is 14.2 Å². The van der Waals surface area contributed by atoms with Crippen molar-refractivity contribution in [2.45, 2.75) is 13.0 Å². The number of hydrogen-bond donors (Lipinski definition) is 2. The van der Waals surface area contributed by atoms with Crippen LogP contribution in [0.3, 0.4) is 0 Å². The molecule has 164 valence electrons. The molecule has 8 nitrogen and oxygen atoms in total. The summed E-state index contributed by atoms with van der Waals surface area (Å²) in [5, 5.41) is 21.1. The van der Waals surface area contributed by atoms with E-state index in [9.17, 15) is 19.8 Å². The average Bonchev–Trinajstić information content (AvgIpc) is 3.03. The van der Waals surface area contributed by atoms with Crippen LogP contribution in [0.25, 0.3) is 5.76 Å². The number of amides is 1. The molecule has 1 aliphatic rings. The van der Waals surface area contributed by atoms with Crippen molar-refractivity contribution in [1.82, 2.24) is 4.90 Å². The van der Waals surface area contributed by atoms with E-state index in [1.807, 2.05) is 0 Å². The lowest BCUT2D eigenvalue weighted by atomic mass is 9.95. The zero-order valence-electron chi connectivity index (χ0n) is 17.6. The van der Waals surface area contributed by atoms with Gasteiger partial charge in [0.2, 0.25) is 0 Å². The molecule has 0 aromatic heterocycles. The number of phenols is 1. The van der Waals surface area contributed by atoms with E-state index < -0.39 is 17.7 Å². The third kappa shape index (κ3) is 4.34. The smallest absolute Gasteiger partial charge is 0.295 e. The number of aliphatic hydroxyl groups excluding tert-OH is 1. The Kier molecular flexibility index (Phi) is 6.81. The van der Waals surface area contributed by atoms with E-state index in [2.05, 4.69) is 0 Å². The Balaban J connectivity index is 2.16. The number of carbonyl (C=O) groups excluding carboxylic acids is 2. The van der Waals surface area contributed by atoms with E-state index in [0.717, 1.165) is 0 Å². The van der Waals surface area contributed by atoms with Crippen molar-refractivity contribution < 1.29 is 34.0 Å². The van der Waals surface area contributed by atoms with E-state index in [0.29, 0.717) is 23.5 Å². The fourth-order valence-electron chi connectivity index (χ4n) is 3.52.